The van der Waals surface area contributed by atoms with Crippen LogP contribution in [0.5, 0.6) is 0 Å². The molecule has 3 aromatic rings. The first kappa shape index (κ1) is 22.7. The van der Waals surface area contributed by atoms with Crippen molar-refractivity contribution in [2.75, 3.05) is 37.2 Å². The zero-order chi connectivity index (χ0) is 23.9. The summed E-state index contributed by atoms with van der Waals surface area (Å²) in [4.78, 5) is 27.2. The third kappa shape index (κ3) is 4.74. The molecule has 1 fully saturated rings. The van der Waals surface area contributed by atoms with Crippen molar-refractivity contribution in [2.24, 2.45) is 5.92 Å². The van der Waals surface area contributed by atoms with E-state index in [2.05, 4.69) is 21.0 Å². The van der Waals surface area contributed by atoms with E-state index in [1.807, 2.05) is 27.3 Å². The molecule has 2 aliphatic rings. The van der Waals surface area contributed by atoms with Crippen LogP contribution >= 0.6 is 0 Å². The highest BCUT2D eigenvalue weighted by Gasteiger charge is 2.34. The fourth-order valence-corrected chi connectivity index (χ4v) is 5.97. The first-order valence-electron chi connectivity index (χ1n) is 11.5. The number of hydrogen-bond donors (Lipinski definition) is 2. The van der Waals surface area contributed by atoms with E-state index in [9.17, 15) is 18.0 Å². The molecule has 9 nitrogen and oxygen atoms in total. The highest BCUT2D eigenvalue weighted by atomic mass is 32.2. The van der Waals surface area contributed by atoms with Gasteiger partial charge in [-0.1, -0.05) is 12.1 Å². The van der Waals surface area contributed by atoms with Crippen molar-refractivity contribution in [3.8, 4) is 0 Å². The second kappa shape index (κ2) is 8.92. The maximum atomic E-state index is 12.6. The number of amides is 1. The molecule has 2 N–H and O–H groups in total. The van der Waals surface area contributed by atoms with Crippen LogP contribution in [0.25, 0.3) is 10.9 Å². The number of fused-ring (bicyclic) bond motifs is 5. The topological polar surface area (TPSA) is 105 Å². The predicted molar refractivity (Wildman–Crippen MR) is 131 cm³/mol. The summed E-state index contributed by atoms with van der Waals surface area (Å²) >= 11 is 0. The molecule has 0 radical (unpaired) electrons. The number of likely N-dealkylation sites (tertiary alicyclic amines) is 1. The molecule has 1 amide bonds. The summed E-state index contributed by atoms with van der Waals surface area (Å²) < 4.78 is 29.5. The smallest absolute Gasteiger partial charge is 0.250 e. The van der Waals surface area contributed by atoms with Crippen LogP contribution in [-0.4, -0.2) is 60.8 Å². The predicted octanol–water partition coefficient (Wildman–Crippen LogP) is 1.41. The molecule has 2 aliphatic heterocycles. The minimum atomic E-state index is -3.39. The van der Waals surface area contributed by atoms with Gasteiger partial charge in [-0.15, -0.1) is 0 Å². The number of nitrogens with zero attached hydrogens (tertiary/aromatic N) is 3. The number of carbonyl (C=O) groups excluding carboxylic acids is 1. The zero-order valence-corrected chi connectivity index (χ0v) is 19.9. The summed E-state index contributed by atoms with van der Waals surface area (Å²) in [6, 6.07) is 12.7. The monoisotopic (exact) mass is 483 g/mol. The largest absolute Gasteiger partial charge is 0.353 e. The molecule has 0 saturated carbocycles. The number of aromatic nitrogens is 2. The zero-order valence-electron chi connectivity index (χ0n) is 19.1. The minimum absolute atomic E-state index is 0.0877. The van der Waals surface area contributed by atoms with Crippen LogP contribution in [0.3, 0.4) is 0 Å². The minimum Gasteiger partial charge on any atom is -0.353 e. The average Bonchev–Trinajstić information content (AvgIpc) is 3.17. The molecule has 2 unspecified atom stereocenters. The normalized spacial score (nSPS) is 20.1. The molecule has 1 saturated heterocycles. The van der Waals surface area contributed by atoms with Crippen LogP contribution < -0.4 is 15.6 Å². The molecule has 2 bridgehead atoms. The number of anilines is 1. The number of hydrogen-bond acceptors (Lipinski definition) is 5. The molecule has 34 heavy (non-hydrogen) atoms. The fraction of sp³-hybridized carbons (Fsp3) is 0.417. The number of sulfonamides is 1. The lowest BCUT2D eigenvalue weighted by Crippen LogP contribution is -2.48. The molecule has 0 spiro atoms. The van der Waals surface area contributed by atoms with E-state index in [0.29, 0.717) is 24.1 Å². The first-order valence-corrected chi connectivity index (χ1v) is 13.4. The lowest BCUT2D eigenvalue weighted by molar-refractivity contribution is -0.121. The molecule has 10 heteroatoms. The van der Waals surface area contributed by atoms with Crippen LogP contribution in [0.4, 0.5) is 5.69 Å². The fourth-order valence-electron chi connectivity index (χ4n) is 5.39. The summed E-state index contributed by atoms with van der Waals surface area (Å²) in [5, 5.41) is 3.76. The molecule has 180 valence electrons. The standard InChI is InChI=1S/C24H29N5O4S/c1-34(32,33)26-20-4-2-6-22-19(20)8-10-28(22)16-23(30)25-9-11-27-13-17-12-18(15-27)21-5-3-7-24(31)29(21)14-17/h2-8,10,17-18,26H,9,11-16H2,1H3,(H,25,30). The van der Waals surface area contributed by atoms with Gasteiger partial charge in [0, 0.05) is 62.0 Å². The molecule has 5 rings (SSSR count). The summed E-state index contributed by atoms with van der Waals surface area (Å²) in [7, 11) is -3.39. The van der Waals surface area contributed by atoms with Crippen molar-refractivity contribution < 1.29 is 13.2 Å². The van der Waals surface area contributed by atoms with E-state index in [4.69, 9.17) is 0 Å². The van der Waals surface area contributed by atoms with Gasteiger partial charge in [-0.2, -0.15) is 0 Å². The van der Waals surface area contributed by atoms with Crippen LogP contribution in [0.15, 0.2) is 53.5 Å². The van der Waals surface area contributed by atoms with Crippen LogP contribution in [0.2, 0.25) is 0 Å². The van der Waals surface area contributed by atoms with Crippen LogP contribution in [0, 0.1) is 5.92 Å². The van der Waals surface area contributed by atoms with Gasteiger partial charge >= 0.3 is 0 Å². The van der Waals surface area contributed by atoms with Crippen molar-refractivity contribution in [3.05, 3.63) is 64.7 Å². The Labute approximate surface area is 198 Å². The van der Waals surface area contributed by atoms with Crippen LogP contribution in [0.1, 0.15) is 18.0 Å². The highest BCUT2D eigenvalue weighted by Crippen LogP contribution is 2.34. The SMILES string of the molecule is CS(=O)(=O)Nc1cccc2c1ccn2CC(=O)NCCN1CC2CC(C1)c1cccc(=O)n1C2. The van der Waals surface area contributed by atoms with Crippen LogP contribution in [-0.2, 0) is 27.9 Å². The van der Waals surface area contributed by atoms with Gasteiger partial charge < -0.3 is 19.4 Å². The number of benzene rings is 1. The summed E-state index contributed by atoms with van der Waals surface area (Å²) in [6.45, 7) is 4.09. The van der Waals surface area contributed by atoms with Crippen molar-refractivity contribution >= 4 is 32.5 Å². The maximum absolute atomic E-state index is 12.6. The second-order valence-electron chi connectivity index (χ2n) is 9.36. The number of pyridine rings is 1. The molecule has 1 aromatic carbocycles. The third-order valence-corrected chi connectivity index (χ3v) is 7.32. The number of piperidine rings is 1. The maximum Gasteiger partial charge on any atom is 0.250 e. The van der Waals surface area contributed by atoms with Gasteiger partial charge in [0.2, 0.25) is 15.9 Å². The summed E-state index contributed by atoms with van der Waals surface area (Å²) in [5.74, 6) is 0.731. The Hall–Kier alpha value is -3.11. The third-order valence-electron chi connectivity index (χ3n) is 6.73. The quantitative estimate of drug-likeness (QED) is 0.529. The molecule has 0 aliphatic carbocycles. The van der Waals surface area contributed by atoms with Gasteiger partial charge in [-0.25, -0.2) is 8.42 Å². The van der Waals surface area contributed by atoms with Gasteiger partial charge in [-0.05, 0) is 36.6 Å². The summed E-state index contributed by atoms with van der Waals surface area (Å²) in [5.41, 5.74) is 2.51. The summed E-state index contributed by atoms with van der Waals surface area (Å²) in [6.07, 6.45) is 4.02. The van der Waals surface area contributed by atoms with Gasteiger partial charge in [0.05, 0.1) is 17.5 Å². The van der Waals surface area contributed by atoms with E-state index in [1.54, 1.807) is 24.4 Å². The molecule has 2 atom stereocenters. The second-order valence-corrected chi connectivity index (χ2v) is 11.1. The lowest BCUT2D eigenvalue weighted by Gasteiger charge is -2.42. The highest BCUT2D eigenvalue weighted by molar-refractivity contribution is 7.92. The Bertz CT molecular complexity index is 1390. The van der Waals surface area contributed by atoms with Gasteiger partial charge in [-0.3, -0.25) is 14.3 Å². The van der Waals surface area contributed by atoms with E-state index in [1.165, 1.54) is 0 Å². The van der Waals surface area contributed by atoms with Gasteiger partial charge in [0.1, 0.15) is 6.54 Å². The van der Waals surface area contributed by atoms with Gasteiger partial charge in [0.25, 0.3) is 5.56 Å². The van der Waals surface area contributed by atoms with E-state index in [-0.39, 0.29) is 18.0 Å². The molecule has 2 aromatic heterocycles. The van der Waals surface area contributed by atoms with Crippen molar-refractivity contribution in [3.63, 3.8) is 0 Å². The Morgan fingerprint density at radius 2 is 1.91 bits per heavy atom. The van der Waals surface area contributed by atoms with Gasteiger partial charge in [0.15, 0.2) is 0 Å². The van der Waals surface area contributed by atoms with Crippen molar-refractivity contribution in [2.45, 2.75) is 25.4 Å². The average molecular weight is 484 g/mol. The van der Waals surface area contributed by atoms with E-state index < -0.39 is 10.0 Å². The number of nitrogens with one attached hydrogen (secondary N) is 2. The first-order chi connectivity index (χ1) is 16.3. The Morgan fingerprint density at radius 1 is 1.09 bits per heavy atom. The van der Waals surface area contributed by atoms with E-state index >= 15 is 0 Å². The Kier molecular flexibility index (Phi) is 5.95. The molecular weight excluding hydrogens is 454 g/mol. The molecule has 4 heterocycles. The van der Waals surface area contributed by atoms with E-state index in [0.717, 1.165) is 55.5 Å². The van der Waals surface area contributed by atoms with Crippen molar-refractivity contribution in [1.29, 1.82) is 0 Å². The Balaban J connectivity index is 1.17. The lowest BCUT2D eigenvalue weighted by atomic mass is 9.83. The Morgan fingerprint density at radius 3 is 2.74 bits per heavy atom. The number of carbonyl (C=O) groups is 1. The number of rotatable bonds is 7. The van der Waals surface area contributed by atoms with Crippen molar-refractivity contribution in [1.82, 2.24) is 19.4 Å². The molecular formula is C24H29N5O4S.